The molecule has 4 heterocycles. The van der Waals surface area contributed by atoms with Gasteiger partial charge in [0.05, 0.1) is 5.39 Å². The fourth-order valence-electron chi connectivity index (χ4n) is 4.38. The molecular weight excluding hydrogens is 438 g/mol. The molecule has 3 aromatic heterocycles. The first-order chi connectivity index (χ1) is 15.7. The van der Waals surface area contributed by atoms with Gasteiger partial charge in [-0.3, -0.25) is 0 Å². The molecule has 0 spiro atoms. The van der Waals surface area contributed by atoms with Crippen molar-refractivity contribution in [2.75, 3.05) is 36.0 Å². The van der Waals surface area contributed by atoms with Crippen molar-refractivity contribution in [3.05, 3.63) is 64.4 Å². The molecule has 0 N–H and O–H groups in total. The van der Waals surface area contributed by atoms with Gasteiger partial charge in [-0.25, -0.2) is 9.97 Å². The Morgan fingerprint density at radius 3 is 2.31 bits per heavy atom. The van der Waals surface area contributed by atoms with Gasteiger partial charge in [-0.1, -0.05) is 44.2 Å². The molecule has 5 rings (SSSR count). The first-order valence-corrected chi connectivity index (χ1v) is 12.4. The monoisotopic (exact) mass is 463 g/mol. The number of rotatable bonds is 5. The number of fused-ring (bicyclic) bond motifs is 1. The lowest BCUT2D eigenvalue weighted by Gasteiger charge is -2.36. The van der Waals surface area contributed by atoms with Gasteiger partial charge in [0.2, 0.25) is 5.28 Å². The summed E-state index contributed by atoms with van der Waals surface area (Å²) in [6.45, 7) is 7.91. The second-order valence-corrected chi connectivity index (χ2v) is 9.38. The molecule has 1 saturated heterocycles. The van der Waals surface area contributed by atoms with E-state index >= 15 is 0 Å². The number of benzene rings is 1. The van der Waals surface area contributed by atoms with Crippen LogP contribution in [0.5, 0.6) is 0 Å². The third-order valence-electron chi connectivity index (χ3n) is 6.10. The fourth-order valence-corrected chi connectivity index (χ4v) is 5.72. The maximum atomic E-state index is 6.40. The molecule has 5 nitrogen and oxygen atoms in total. The number of piperazine rings is 1. The smallest absolute Gasteiger partial charge is 0.225 e. The number of hydrogen-bond donors (Lipinski definition) is 0. The Bertz CT molecular complexity index is 1210. The van der Waals surface area contributed by atoms with Crippen molar-refractivity contribution in [3.8, 4) is 11.1 Å². The number of aromatic nitrogens is 3. The number of anilines is 2. The van der Waals surface area contributed by atoms with Gasteiger partial charge >= 0.3 is 0 Å². The van der Waals surface area contributed by atoms with Gasteiger partial charge in [0.1, 0.15) is 16.5 Å². The van der Waals surface area contributed by atoms with E-state index in [-0.39, 0.29) is 0 Å². The number of pyridine rings is 1. The Balaban J connectivity index is 1.55. The first kappa shape index (κ1) is 21.2. The molecular formula is C25H26ClN5S. The predicted molar refractivity (Wildman–Crippen MR) is 135 cm³/mol. The minimum atomic E-state index is 0.316. The third kappa shape index (κ3) is 3.93. The molecule has 0 saturated carbocycles. The van der Waals surface area contributed by atoms with Crippen LogP contribution in [-0.2, 0) is 12.8 Å². The molecule has 164 valence electrons. The lowest BCUT2D eigenvalue weighted by molar-refractivity contribution is 0.643. The molecule has 0 bridgehead atoms. The standard InChI is InChI=1S/C25H26ClN5S/c1-3-17-8-10-18(11-9-17)21-19(4-2)32-24-22(21)23(28-25(26)29-24)31-15-13-30(14-16-31)20-7-5-6-12-27-20/h5-12H,3-4,13-16H2,1-2H3. The summed E-state index contributed by atoms with van der Waals surface area (Å²) >= 11 is 8.13. The molecule has 1 aromatic carbocycles. The summed E-state index contributed by atoms with van der Waals surface area (Å²) < 4.78 is 0. The molecule has 0 radical (unpaired) electrons. The molecule has 0 aliphatic carbocycles. The van der Waals surface area contributed by atoms with Crippen LogP contribution in [-0.4, -0.2) is 41.1 Å². The summed E-state index contributed by atoms with van der Waals surface area (Å²) in [5.41, 5.74) is 3.83. The second-order valence-electron chi connectivity index (χ2n) is 7.96. The molecule has 32 heavy (non-hydrogen) atoms. The van der Waals surface area contributed by atoms with Crippen molar-refractivity contribution in [1.29, 1.82) is 0 Å². The molecule has 0 amide bonds. The van der Waals surface area contributed by atoms with E-state index in [0.29, 0.717) is 5.28 Å². The lowest BCUT2D eigenvalue weighted by Crippen LogP contribution is -2.47. The van der Waals surface area contributed by atoms with Gasteiger partial charge in [0.25, 0.3) is 0 Å². The van der Waals surface area contributed by atoms with E-state index < -0.39 is 0 Å². The topological polar surface area (TPSA) is 45.2 Å². The van der Waals surface area contributed by atoms with Gasteiger partial charge in [0.15, 0.2) is 0 Å². The van der Waals surface area contributed by atoms with Crippen LogP contribution in [0.15, 0.2) is 48.7 Å². The predicted octanol–water partition coefficient (Wildman–Crippen LogP) is 5.86. The fraction of sp³-hybridized carbons (Fsp3) is 0.320. The second kappa shape index (κ2) is 9.04. The third-order valence-corrected chi connectivity index (χ3v) is 7.50. The van der Waals surface area contributed by atoms with E-state index in [2.05, 4.69) is 63.9 Å². The van der Waals surface area contributed by atoms with E-state index in [1.165, 1.54) is 21.6 Å². The highest BCUT2D eigenvalue weighted by molar-refractivity contribution is 7.19. The summed E-state index contributed by atoms with van der Waals surface area (Å²) in [5.74, 6) is 1.98. The Morgan fingerprint density at radius 2 is 1.66 bits per heavy atom. The van der Waals surface area contributed by atoms with Gasteiger partial charge < -0.3 is 9.80 Å². The highest BCUT2D eigenvalue weighted by atomic mass is 35.5. The van der Waals surface area contributed by atoms with E-state index in [9.17, 15) is 0 Å². The average molecular weight is 464 g/mol. The summed E-state index contributed by atoms with van der Waals surface area (Å²) in [5, 5.41) is 1.45. The van der Waals surface area contributed by atoms with Crippen LogP contribution < -0.4 is 9.80 Å². The van der Waals surface area contributed by atoms with Crippen LogP contribution >= 0.6 is 22.9 Å². The van der Waals surface area contributed by atoms with Gasteiger partial charge in [-0.05, 0) is 47.7 Å². The first-order valence-electron chi connectivity index (χ1n) is 11.2. The number of halogens is 1. The summed E-state index contributed by atoms with van der Waals surface area (Å²) in [7, 11) is 0. The largest absolute Gasteiger partial charge is 0.353 e. The van der Waals surface area contributed by atoms with Crippen LogP contribution in [0.2, 0.25) is 5.28 Å². The van der Waals surface area contributed by atoms with E-state index in [1.807, 2.05) is 18.3 Å². The molecule has 0 unspecified atom stereocenters. The van der Waals surface area contributed by atoms with Crippen LogP contribution in [0.4, 0.5) is 11.6 Å². The zero-order valence-electron chi connectivity index (χ0n) is 18.4. The Labute approximate surface area is 197 Å². The van der Waals surface area contributed by atoms with Gasteiger partial charge in [0, 0.05) is 42.8 Å². The van der Waals surface area contributed by atoms with Gasteiger partial charge in [-0.15, -0.1) is 11.3 Å². The molecule has 1 fully saturated rings. The van der Waals surface area contributed by atoms with Crippen molar-refractivity contribution in [1.82, 2.24) is 15.0 Å². The van der Waals surface area contributed by atoms with E-state index in [1.54, 1.807) is 11.3 Å². The van der Waals surface area contributed by atoms with Crippen molar-refractivity contribution in [2.45, 2.75) is 26.7 Å². The van der Waals surface area contributed by atoms with Crippen LogP contribution in [0.1, 0.15) is 24.3 Å². The number of aryl methyl sites for hydroxylation is 2. The molecule has 1 aliphatic rings. The molecule has 7 heteroatoms. The zero-order chi connectivity index (χ0) is 22.1. The number of thiophene rings is 1. The van der Waals surface area contributed by atoms with Crippen LogP contribution in [0.25, 0.3) is 21.3 Å². The minimum absolute atomic E-state index is 0.316. The normalized spacial score (nSPS) is 14.3. The number of hydrogen-bond acceptors (Lipinski definition) is 6. The minimum Gasteiger partial charge on any atom is -0.353 e. The summed E-state index contributed by atoms with van der Waals surface area (Å²) in [4.78, 5) is 20.8. The number of nitrogens with zero attached hydrogens (tertiary/aromatic N) is 5. The van der Waals surface area contributed by atoms with E-state index in [4.69, 9.17) is 16.6 Å². The molecule has 0 atom stereocenters. The van der Waals surface area contributed by atoms with E-state index in [0.717, 1.165) is 60.9 Å². The Kier molecular flexibility index (Phi) is 5.98. The highest BCUT2D eigenvalue weighted by Gasteiger charge is 2.25. The van der Waals surface area contributed by atoms with Gasteiger partial charge in [-0.2, -0.15) is 4.98 Å². The summed E-state index contributed by atoms with van der Waals surface area (Å²) in [6.07, 6.45) is 3.84. The van der Waals surface area contributed by atoms with Crippen LogP contribution in [0, 0.1) is 0 Å². The SMILES string of the molecule is CCc1ccc(-c2c(CC)sc3nc(Cl)nc(N4CCN(c5ccccn5)CC4)c23)cc1. The maximum Gasteiger partial charge on any atom is 0.225 e. The average Bonchev–Trinajstić information content (AvgIpc) is 3.22. The quantitative estimate of drug-likeness (QED) is 0.347. The highest BCUT2D eigenvalue weighted by Crippen LogP contribution is 2.43. The van der Waals surface area contributed by atoms with Crippen molar-refractivity contribution in [3.63, 3.8) is 0 Å². The van der Waals surface area contributed by atoms with Crippen molar-refractivity contribution in [2.24, 2.45) is 0 Å². The zero-order valence-corrected chi connectivity index (χ0v) is 20.0. The maximum absolute atomic E-state index is 6.40. The lowest BCUT2D eigenvalue weighted by atomic mass is 10.00. The van der Waals surface area contributed by atoms with Crippen molar-refractivity contribution < 1.29 is 0 Å². The van der Waals surface area contributed by atoms with Crippen LogP contribution in [0.3, 0.4) is 0 Å². The Morgan fingerprint density at radius 1 is 0.906 bits per heavy atom. The molecule has 4 aromatic rings. The summed E-state index contributed by atoms with van der Waals surface area (Å²) in [6, 6.07) is 15.0. The molecule has 1 aliphatic heterocycles. The van der Waals surface area contributed by atoms with Crippen molar-refractivity contribution >= 4 is 44.8 Å². The Hall–Kier alpha value is -2.70.